The molecule has 2 heterocycles. The number of rotatable bonds is 0. The van der Waals surface area contributed by atoms with E-state index in [0.717, 1.165) is 33.2 Å². The summed E-state index contributed by atoms with van der Waals surface area (Å²) < 4.78 is 2.37. The average molecular weight is 385 g/mol. The monoisotopic (exact) mass is 385 g/mol. The van der Waals surface area contributed by atoms with Crippen LogP contribution in [-0.4, -0.2) is 10.4 Å². The first-order valence-electron chi connectivity index (χ1n) is 10.4. The quantitative estimate of drug-likeness (QED) is 0.287. The molecule has 0 spiro atoms. The van der Waals surface area contributed by atoms with Gasteiger partial charge in [0.15, 0.2) is 5.78 Å². The summed E-state index contributed by atoms with van der Waals surface area (Å²) >= 11 is 0. The van der Waals surface area contributed by atoms with Gasteiger partial charge in [0.1, 0.15) is 0 Å². The fourth-order valence-corrected chi connectivity index (χ4v) is 5.76. The number of ketones is 1. The summed E-state index contributed by atoms with van der Waals surface area (Å²) in [7, 11) is 0. The molecule has 0 atom stereocenters. The lowest BCUT2D eigenvalue weighted by atomic mass is 9.75. The number of aromatic nitrogens is 1. The topological polar surface area (TPSA) is 22.0 Å². The molecule has 0 fully saturated rings. The third kappa shape index (κ3) is 1.66. The highest BCUT2D eigenvalue weighted by Crippen LogP contribution is 2.50. The Kier molecular flexibility index (Phi) is 2.74. The Morgan fingerprint density at radius 2 is 1.43 bits per heavy atom. The maximum absolute atomic E-state index is 13.5. The van der Waals surface area contributed by atoms with Gasteiger partial charge in [-0.25, -0.2) is 0 Å². The molecule has 1 aromatic heterocycles. The van der Waals surface area contributed by atoms with Crippen molar-refractivity contribution in [3.05, 3.63) is 101 Å². The Bertz CT molecular complexity index is 1580. The van der Waals surface area contributed by atoms with Crippen molar-refractivity contribution in [2.24, 2.45) is 0 Å². The lowest BCUT2D eigenvalue weighted by Gasteiger charge is -2.34. The molecule has 5 aromatic rings. The highest BCUT2D eigenvalue weighted by molar-refractivity contribution is 6.31. The minimum atomic E-state index is -0.101. The van der Waals surface area contributed by atoms with Gasteiger partial charge < -0.3 is 4.57 Å². The van der Waals surface area contributed by atoms with Gasteiger partial charge in [0, 0.05) is 27.3 Å². The number of nitrogens with zero attached hydrogens (tertiary/aromatic N) is 1. The van der Waals surface area contributed by atoms with Crippen LogP contribution in [0.25, 0.3) is 38.6 Å². The van der Waals surface area contributed by atoms with Crippen molar-refractivity contribution in [3.63, 3.8) is 0 Å². The number of hydrogen-bond donors (Lipinski definition) is 0. The molecule has 0 radical (unpaired) electrons. The van der Waals surface area contributed by atoms with E-state index in [2.05, 4.69) is 79.1 Å². The molecule has 0 bridgehead atoms. The van der Waals surface area contributed by atoms with E-state index in [1.54, 1.807) is 0 Å². The minimum absolute atomic E-state index is 0.101. The van der Waals surface area contributed by atoms with E-state index in [1.807, 2.05) is 18.2 Å². The molecule has 7 rings (SSSR count). The van der Waals surface area contributed by atoms with E-state index < -0.39 is 0 Å². The number of benzene rings is 4. The SMILES string of the molecule is CC1(C)c2ccccc2-n2c3ccc4c(c3c3cccc1c32)C(=O)c1ccccc1-4. The smallest absolute Gasteiger partial charge is 0.194 e. The van der Waals surface area contributed by atoms with Crippen molar-refractivity contribution < 1.29 is 4.79 Å². The van der Waals surface area contributed by atoms with Gasteiger partial charge in [0.2, 0.25) is 0 Å². The van der Waals surface area contributed by atoms with Crippen LogP contribution >= 0.6 is 0 Å². The second kappa shape index (κ2) is 5.09. The van der Waals surface area contributed by atoms with E-state index in [4.69, 9.17) is 0 Å². The van der Waals surface area contributed by atoms with Crippen molar-refractivity contribution in [3.8, 4) is 16.8 Å². The number of carbonyl (C=O) groups excluding carboxylic acids is 1. The van der Waals surface area contributed by atoms with Gasteiger partial charge in [-0.15, -0.1) is 0 Å². The van der Waals surface area contributed by atoms with Crippen LogP contribution in [0.5, 0.6) is 0 Å². The van der Waals surface area contributed by atoms with E-state index in [-0.39, 0.29) is 11.2 Å². The van der Waals surface area contributed by atoms with E-state index in [0.29, 0.717) is 0 Å². The van der Waals surface area contributed by atoms with Gasteiger partial charge in [0.05, 0.1) is 16.7 Å². The predicted octanol–water partition coefficient (Wildman–Crippen LogP) is 6.63. The highest BCUT2D eigenvalue weighted by Gasteiger charge is 2.37. The van der Waals surface area contributed by atoms with E-state index >= 15 is 0 Å². The lowest BCUT2D eigenvalue weighted by Crippen LogP contribution is -2.26. The van der Waals surface area contributed by atoms with Crippen LogP contribution in [-0.2, 0) is 5.41 Å². The molecular weight excluding hydrogens is 366 g/mol. The molecule has 0 unspecified atom stereocenters. The second-order valence-corrected chi connectivity index (χ2v) is 8.94. The number of para-hydroxylation sites is 2. The van der Waals surface area contributed by atoms with Crippen LogP contribution in [0.3, 0.4) is 0 Å². The van der Waals surface area contributed by atoms with Gasteiger partial charge in [-0.05, 0) is 34.4 Å². The zero-order valence-corrected chi connectivity index (χ0v) is 16.9. The van der Waals surface area contributed by atoms with Gasteiger partial charge in [-0.3, -0.25) is 4.79 Å². The van der Waals surface area contributed by atoms with Crippen LogP contribution in [0, 0.1) is 0 Å². The zero-order chi connectivity index (χ0) is 20.2. The van der Waals surface area contributed by atoms with Crippen LogP contribution in [0.2, 0.25) is 0 Å². The summed E-state index contributed by atoms with van der Waals surface area (Å²) in [5.74, 6) is 0.141. The fourth-order valence-electron chi connectivity index (χ4n) is 5.76. The normalized spacial score (nSPS) is 15.3. The van der Waals surface area contributed by atoms with Crippen LogP contribution in [0.4, 0.5) is 0 Å². The number of carbonyl (C=O) groups is 1. The molecule has 0 saturated heterocycles. The van der Waals surface area contributed by atoms with Gasteiger partial charge in [-0.2, -0.15) is 0 Å². The first-order valence-corrected chi connectivity index (χ1v) is 10.4. The Morgan fingerprint density at radius 3 is 2.30 bits per heavy atom. The van der Waals surface area contributed by atoms with Crippen molar-refractivity contribution >= 4 is 27.6 Å². The summed E-state index contributed by atoms with van der Waals surface area (Å²) in [5, 5.41) is 2.25. The van der Waals surface area contributed by atoms with Crippen LogP contribution in [0.1, 0.15) is 40.9 Å². The Morgan fingerprint density at radius 1 is 0.700 bits per heavy atom. The van der Waals surface area contributed by atoms with Gasteiger partial charge >= 0.3 is 0 Å². The van der Waals surface area contributed by atoms with Crippen molar-refractivity contribution in [1.82, 2.24) is 4.57 Å². The summed E-state index contributed by atoms with van der Waals surface area (Å²) in [6.07, 6.45) is 0. The number of hydrogen-bond acceptors (Lipinski definition) is 1. The summed E-state index contributed by atoms with van der Waals surface area (Å²) in [4.78, 5) is 13.5. The fraction of sp³-hybridized carbons (Fsp3) is 0.107. The van der Waals surface area contributed by atoms with Crippen molar-refractivity contribution in [2.45, 2.75) is 19.3 Å². The lowest BCUT2D eigenvalue weighted by molar-refractivity contribution is 0.104. The van der Waals surface area contributed by atoms with E-state index in [9.17, 15) is 4.79 Å². The molecule has 2 nitrogen and oxygen atoms in total. The molecule has 0 saturated carbocycles. The molecule has 142 valence electrons. The van der Waals surface area contributed by atoms with Crippen molar-refractivity contribution in [2.75, 3.05) is 0 Å². The third-order valence-electron chi connectivity index (χ3n) is 7.13. The first kappa shape index (κ1) is 16.2. The molecule has 4 aromatic carbocycles. The molecule has 2 aliphatic rings. The Labute approximate surface area is 174 Å². The highest BCUT2D eigenvalue weighted by atomic mass is 16.1. The molecular formula is C28H19NO. The van der Waals surface area contributed by atoms with Gasteiger partial charge in [0.25, 0.3) is 0 Å². The maximum Gasteiger partial charge on any atom is 0.194 e. The minimum Gasteiger partial charge on any atom is -0.309 e. The molecule has 1 aliphatic heterocycles. The zero-order valence-electron chi connectivity index (χ0n) is 16.9. The summed E-state index contributed by atoms with van der Waals surface area (Å²) in [6.45, 7) is 4.60. The molecule has 1 aliphatic carbocycles. The standard InChI is InChI=1S/C28H19NO/c1-28(2)20-11-5-6-13-22(20)29-23-15-14-17-16-8-3-4-9-18(16)27(30)25(17)24(23)19-10-7-12-21(28)26(19)29/h3-15H,1-2H3. The second-order valence-electron chi connectivity index (χ2n) is 8.94. The molecule has 30 heavy (non-hydrogen) atoms. The summed E-state index contributed by atoms with van der Waals surface area (Å²) in [6, 6.07) is 27.5. The average Bonchev–Trinajstić information content (AvgIpc) is 3.26. The van der Waals surface area contributed by atoms with E-state index in [1.165, 1.54) is 27.7 Å². The molecule has 0 N–H and O–H groups in total. The molecule has 2 heteroatoms. The first-order chi connectivity index (χ1) is 14.6. The largest absolute Gasteiger partial charge is 0.309 e. The maximum atomic E-state index is 13.5. The molecule has 0 amide bonds. The van der Waals surface area contributed by atoms with Crippen LogP contribution in [0.15, 0.2) is 78.9 Å². The number of fused-ring (bicyclic) bond motifs is 9. The third-order valence-corrected chi connectivity index (χ3v) is 7.13. The van der Waals surface area contributed by atoms with Gasteiger partial charge in [-0.1, -0.05) is 80.6 Å². The van der Waals surface area contributed by atoms with Crippen LogP contribution < -0.4 is 0 Å². The Balaban J connectivity index is 1.74. The van der Waals surface area contributed by atoms with Crippen molar-refractivity contribution in [1.29, 1.82) is 0 Å². The predicted molar refractivity (Wildman–Crippen MR) is 122 cm³/mol. The summed E-state index contributed by atoms with van der Waals surface area (Å²) in [5.41, 5.74) is 9.85. The Hall–Kier alpha value is -3.65.